The van der Waals surface area contributed by atoms with Crippen molar-refractivity contribution in [3.05, 3.63) is 59.9 Å². The Morgan fingerprint density at radius 3 is 2.31 bits per heavy atom. The number of nitrogens with zero attached hydrogens (tertiary/aromatic N) is 2. The molecule has 5 heteroatoms. The summed E-state index contributed by atoms with van der Waals surface area (Å²) in [5.41, 5.74) is 2.35. The Morgan fingerprint density at radius 2 is 1.73 bits per heavy atom. The predicted octanol–water partition coefficient (Wildman–Crippen LogP) is 3.43. The van der Waals surface area contributed by atoms with Crippen molar-refractivity contribution in [2.45, 2.75) is 32.7 Å². The van der Waals surface area contributed by atoms with Gasteiger partial charge in [-0.2, -0.15) is 0 Å². The number of ether oxygens (including phenoxy) is 2. The molecule has 0 saturated carbocycles. The molecule has 0 aliphatic rings. The van der Waals surface area contributed by atoms with Gasteiger partial charge in [-0.15, -0.1) is 0 Å². The summed E-state index contributed by atoms with van der Waals surface area (Å²) in [5, 5.41) is 0. The van der Waals surface area contributed by atoms with Gasteiger partial charge in [-0.25, -0.2) is 0 Å². The number of methoxy groups -OCH3 is 1. The van der Waals surface area contributed by atoms with E-state index in [9.17, 15) is 4.79 Å². The third-order valence-electron chi connectivity index (χ3n) is 4.12. The highest BCUT2D eigenvalue weighted by Gasteiger charge is 2.16. The van der Waals surface area contributed by atoms with E-state index in [1.807, 2.05) is 36.4 Å². The molecule has 1 amide bonds. The molecular weight excluding hydrogens is 328 g/mol. The SMILES string of the molecule is COCCN(Cc1ccncc1)C(=O)COc1ccc(C(C)(C)C)cc1. The molecule has 0 fully saturated rings. The van der Waals surface area contributed by atoms with Crippen LogP contribution in [0.2, 0.25) is 0 Å². The minimum absolute atomic E-state index is 0.00363. The van der Waals surface area contributed by atoms with E-state index in [0.717, 1.165) is 5.56 Å². The second-order valence-corrected chi connectivity index (χ2v) is 7.23. The Hall–Kier alpha value is -2.40. The first kappa shape index (κ1) is 19.9. The van der Waals surface area contributed by atoms with Crippen LogP contribution in [0, 0.1) is 0 Å². The number of carbonyl (C=O) groups excluding carboxylic acids is 1. The van der Waals surface area contributed by atoms with Crippen LogP contribution in [0.25, 0.3) is 0 Å². The molecule has 0 atom stereocenters. The van der Waals surface area contributed by atoms with Gasteiger partial charge in [0.2, 0.25) is 0 Å². The van der Waals surface area contributed by atoms with E-state index < -0.39 is 0 Å². The number of carbonyl (C=O) groups is 1. The topological polar surface area (TPSA) is 51.7 Å². The van der Waals surface area contributed by atoms with Crippen LogP contribution in [-0.4, -0.2) is 42.7 Å². The number of benzene rings is 1. The fourth-order valence-electron chi connectivity index (χ4n) is 2.49. The molecule has 1 aromatic heterocycles. The second-order valence-electron chi connectivity index (χ2n) is 7.23. The number of hydrogen-bond donors (Lipinski definition) is 0. The molecule has 0 N–H and O–H groups in total. The van der Waals surface area contributed by atoms with E-state index in [1.165, 1.54) is 5.56 Å². The van der Waals surface area contributed by atoms with Gasteiger partial charge in [0.1, 0.15) is 5.75 Å². The smallest absolute Gasteiger partial charge is 0.260 e. The first-order chi connectivity index (χ1) is 12.4. The molecule has 1 aromatic carbocycles. The summed E-state index contributed by atoms with van der Waals surface area (Å²) < 4.78 is 10.8. The lowest BCUT2D eigenvalue weighted by molar-refractivity contribution is -0.134. The molecule has 0 bridgehead atoms. The van der Waals surface area contributed by atoms with Crippen LogP contribution in [0.4, 0.5) is 0 Å². The highest BCUT2D eigenvalue weighted by molar-refractivity contribution is 5.77. The fraction of sp³-hybridized carbons (Fsp3) is 0.429. The molecule has 0 saturated heterocycles. The third-order valence-corrected chi connectivity index (χ3v) is 4.12. The Kier molecular flexibility index (Phi) is 7.16. The monoisotopic (exact) mass is 356 g/mol. The van der Waals surface area contributed by atoms with Crippen LogP contribution in [0.15, 0.2) is 48.8 Å². The van der Waals surface area contributed by atoms with E-state index in [-0.39, 0.29) is 17.9 Å². The van der Waals surface area contributed by atoms with E-state index >= 15 is 0 Å². The summed E-state index contributed by atoms with van der Waals surface area (Å²) >= 11 is 0. The molecule has 0 spiro atoms. The van der Waals surface area contributed by atoms with Crippen molar-refractivity contribution in [2.24, 2.45) is 0 Å². The second kappa shape index (κ2) is 9.34. The van der Waals surface area contributed by atoms with Crippen LogP contribution in [0.3, 0.4) is 0 Å². The van der Waals surface area contributed by atoms with Gasteiger partial charge in [-0.1, -0.05) is 32.9 Å². The molecule has 1 heterocycles. The van der Waals surface area contributed by atoms with Gasteiger partial charge in [-0.3, -0.25) is 9.78 Å². The van der Waals surface area contributed by atoms with Gasteiger partial charge in [0.25, 0.3) is 5.91 Å². The predicted molar refractivity (Wildman–Crippen MR) is 102 cm³/mol. The lowest BCUT2D eigenvalue weighted by Crippen LogP contribution is -2.36. The van der Waals surface area contributed by atoms with E-state index in [4.69, 9.17) is 9.47 Å². The fourth-order valence-corrected chi connectivity index (χ4v) is 2.49. The van der Waals surface area contributed by atoms with Crippen molar-refractivity contribution < 1.29 is 14.3 Å². The van der Waals surface area contributed by atoms with Gasteiger partial charge in [0.15, 0.2) is 6.61 Å². The van der Waals surface area contributed by atoms with Crippen molar-refractivity contribution >= 4 is 5.91 Å². The third kappa shape index (κ3) is 6.15. The van der Waals surface area contributed by atoms with Crippen LogP contribution >= 0.6 is 0 Å². The number of pyridine rings is 1. The van der Waals surface area contributed by atoms with E-state index in [0.29, 0.717) is 25.4 Å². The van der Waals surface area contributed by atoms with E-state index in [2.05, 4.69) is 25.8 Å². The van der Waals surface area contributed by atoms with Gasteiger partial charge >= 0.3 is 0 Å². The molecule has 140 valence electrons. The first-order valence-corrected chi connectivity index (χ1v) is 8.79. The molecule has 2 rings (SSSR count). The number of aromatic nitrogens is 1. The molecule has 0 unspecified atom stereocenters. The maximum Gasteiger partial charge on any atom is 0.260 e. The van der Waals surface area contributed by atoms with Crippen molar-refractivity contribution in [1.29, 1.82) is 0 Å². The van der Waals surface area contributed by atoms with Crippen LogP contribution < -0.4 is 4.74 Å². The van der Waals surface area contributed by atoms with Gasteiger partial charge in [0, 0.05) is 32.6 Å². The molecule has 0 radical (unpaired) electrons. The largest absolute Gasteiger partial charge is 0.484 e. The van der Waals surface area contributed by atoms with Crippen molar-refractivity contribution in [3.8, 4) is 5.75 Å². The van der Waals surface area contributed by atoms with Crippen molar-refractivity contribution in [2.75, 3.05) is 26.9 Å². The molecule has 2 aromatic rings. The summed E-state index contributed by atoms with van der Waals surface area (Å²) in [5.74, 6) is 0.626. The minimum Gasteiger partial charge on any atom is -0.484 e. The van der Waals surface area contributed by atoms with E-state index in [1.54, 1.807) is 24.4 Å². The highest BCUT2D eigenvalue weighted by atomic mass is 16.5. The summed E-state index contributed by atoms with van der Waals surface area (Å²) in [7, 11) is 1.63. The lowest BCUT2D eigenvalue weighted by Gasteiger charge is -2.23. The zero-order valence-corrected chi connectivity index (χ0v) is 16.1. The van der Waals surface area contributed by atoms with Gasteiger partial charge in [-0.05, 0) is 40.8 Å². The summed E-state index contributed by atoms with van der Waals surface area (Å²) in [6.45, 7) is 8.01. The van der Waals surface area contributed by atoms with Crippen LogP contribution in [-0.2, 0) is 21.5 Å². The maximum atomic E-state index is 12.6. The minimum atomic E-state index is -0.0706. The van der Waals surface area contributed by atoms with Gasteiger partial charge in [0.05, 0.1) is 6.61 Å². The normalized spacial score (nSPS) is 11.2. The number of hydrogen-bond acceptors (Lipinski definition) is 4. The lowest BCUT2D eigenvalue weighted by atomic mass is 9.87. The number of rotatable bonds is 8. The summed E-state index contributed by atoms with van der Waals surface area (Å²) in [4.78, 5) is 18.3. The van der Waals surface area contributed by atoms with Gasteiger partial charge < -0.3 is 14.4 Å². The quantitative estimate of drug-likeness (QED) is 0.727. The highest BCUT2D eigenvalue weighted by Crippen LogP contribution is 2.24. The Labute approximate surface area is 156 Å². The average Bonchev–Trinajstić information content (AvgIpc) is 2.63. The molecular formula is C21H28N2O3. The summed E-state index contributed by atoms with van der Waals surface area (Å²) in [6, 6.07) is 11.7. The number of amides is 1. The Balaban J connectivity index is 1.95. The van der Waals surface area contributed by atoms with Crippen molar-refractivity contribution in [3.63, 3.8) is 0 Å². The molecule has 26 heavy (non-hydrogen) atoms. The molecule has 0 aliphatic heterocycles. The Bertz CT molecular complexity index is 679. The maximum absolute atomic E-state index is 12.6. The summed E-state index contributed by atoms with van der Waals surface area (Å²) in [6.07, 6.45) is 3.45. The Morgan fingerprint density at radius 1 is 1.08 bits per heavy atom. The van der Waals surface area contributed by atoms with Crippen LogP contribution in [0.1, 0.15) is 31.9 Å². The first-order valence-electron chi connectivity index (χ1n) is 8.79. The average molecular weight is 356 g/mol. The molecule has 5 nitrogen and oxygen atoms in total. The van der Waals surface area contributed by atoms with Crippen molar-refractivity contribution in [1.82, 2.24) is 9.88 Å². The zero-order chi connectivity index (χ0) is 19.0. The standard InChI is InChI=1S/C21H28N2O3/c1-21(2,3)18-5-7-19(8-6-18)26-16-20(24)23(13-14-25-4)15-17-9-11-22-12-10-17/h5-12H,13-16H2,1-4H3. The molecule has 0 aliphatic carbocycles. The zero-order valence-electron chi connectivity index (χ0n) is 16.1. The van der Waals surface area contributed by atoms with Crippen LogP contribution in [0.5, 0.6) is 5.75 Å².